The van der Waals surface area contributed by atoms with E-state index < -0.39 is 0 Å². The fraction of sp³-hybridized carbons (Fsp3) is 0.263. The van der Waals surface area contributed by atoms with Crippen molar-refractivity contribution in [3.05, 3.63) is 53.1 Å². The minimum atomic E-state index is 0.0208. The molecule has 2 aromatic carbocycles. The summed E-state index contributed by atoms with van der Waals surface area (Å²) < 4.78 is 5.39. The van der Waals surface area contributed by atoms with Crippen LogP contribution in [0.5, 0.6) is 5.75 Å². The zero-order valence-corrected chi connectivity index (χ0v) is 15.3. The predicted octanol–water partition coefficient (Wildman–Crippen LogP) is 4.60. The SMILES string of the molecule is COc1ccc2c(c1)C1=NN(c3ccc(Cl)cc3)C(=O)CC1CCS2. The maximum absolute atomic E-state index is 12.6. The van der Waals surface area contributed by atoms with Gasteiger partial charge in [-0.2, -0.15) is 5.10 Å². The first kappa shape index (κ1) is 16.5. The topological polar surface area (TPSA) is 41.9 Å². The Morgan fingerprint density at radius 1 is 1.24 bits per heavy atom. The maximum atomic E-state index is 12.6. The lowest BCUT2D eigenvalue weighted by Crippen LogP contribution is -2.37. The number of methoxy groups -OCH3 is 1. The molecule has 1 atom stereocenters. The van der Waals surface area contributed by atoms with Crippen molar-refractivity contribution in [2.45, 2.75) is 17.7 Å². The number of fused-ring (bicyclic) bond motifs is 3. The Labute approximate surface area is 155 Å². The second-order valence-electron chi connectivity index (χ2n) is 6.07. The van der Waals surface area contributed by atoms with Gasteiger partial charge < -0.3 is 4.74 Å². The third-order valence-electron chi connectivity index (χ3n) is 4.51. The number of carbonyl (C=O) groups excluding carboxylic acids is 1. The van der Waals surface area contributed by atoms with E-state index in [4.69, 9.17) is 21.4 Å². The number of ether oxygens (including phenoxy) is 1. The Bertz CT molecular complexity index is 851. The molecule has 1 unspecified atom stereocenters. The van der Waals surface area contributed by atoms with Gasteiger partial charge in [-0.25, -0.2) is 5.01 Å². The third-order valence-corrected chi connectivity index (χ3v) is 5.87. The Morgan fingerprint density at radius 3 is 2.80 bits per heavy atom. The van der Waals surface area contributed by atoms with E-state index in [1.54, 1.807) is 19.2 Å². The second-order valence-corrected chi connectivity index (χ2v) is 7.64. The van der Waals surface area contributed by atoms with Gasteiger partial charge in [-0.1, -0.05) is 11.6 Å². The quantitative estimate of drug-likeness (QED) is 0.773. The number of amides is 1. The van der Waals surface area contributed by atoms with Crippen molar-refractivity contribution in [1.29, 1.82) is 0 Å². The highest BCUT2D eigenvalue weighted by Crippen LogP contribution is 2.38. The first-order valence-corrected chi connectivity index (χ1v) is 9.50. The average molecular weight is 373 g/mol. The van der Waals surface area contributed by atoms with Gasteiger partial charge in [0.15, 0.2) is 0 Å². The van der Waals surface area contributed by atoms with E-state index >= 15 is 0 Å². The molecule has 2 aromatic rings. The van der Waals surface area contributed by atoms with Gasteiger partial charge in [0.2, 0.25) is 5.91 Å². The van der Waals surface area contributed by atoms with E-state index in [1.165, 1.54) is 9.90 Å². The van der Waals surface area contributed by atoms with Gasteiger partial charge in [0.05, 0.1) is 18.5 Å². The van der Waals surface area contributed by atoms with Gasteiger partial charge in [0.25, 0.3) is 0 Å². The fourth-order valence-electron chi connectivity index (χ4n) is 3.21. The van der Waals surface area contributed by atoms with Crippen molar-refractivity contribution in [1.82, 2.24) is 0 Å². The van der Waals surface area contributed by atoms with Gasteiger partial charge in [-0.3, -0.25) is 4.79 Å². The maximum Gasteiger partial charge on any atom is 0.248 e. The molecule has 2 aliphatic heterocycles. The van der Waals surface area contributed by atoms with Gasteiger partial charge >= 0.3 is 0 Å². The fourth-order valence-corrected chi connectivity index (χ4v) is 4.44. The lowest BCUT2D eigenvalue weighted by Gasteiger charge is -2.29. The van der Waals surface area contributed by atoms with Crippen LogP contribution in [0.2, 0.25) is 5.02 Å². The van der Waals surface area contributed by atoms with Gasteiger partial charge in [-0.05, 0) is 54.6 Å². The number of nitrogens with zero attached hydrogens (tertiary/aromatic N) is 2. The number of anilines is 1. The zero-order valence-electron chi connectivity index (χ0n) is 13.7. The smallest absolute Gasteiger partial charge is 0.248 e. The minimum Gasteiger partial charge on any atom is -0.497 e. The summed E-state index contributed by atoms with van der Waals surface area (Å²) >= 11 is 7.77. The Balaban J connectivity index is 1.82. The molecule has 1 amide bonds. The molecule has 0 fully saturated rings. The van der Waals surface area contributed by atoms with Gasteiger partial charge in [0, 0.05) is 27.8 Å². The molecule has 4 nitrogen and oxygen atoms in total. The standard InChI is InChI=1S/C19H17ClN2O2S/c1-24-15-6-7-17-16(11-15)19-12(8-9-25-17)10-18(23)22(21-19)14-4-2-13(20)3-5-14/h2-7,11-12H,8-10H2,1H3. The molecule has 2 heterocycles. The summed E-state index contributed by atoms with van der Waals surface area (Å²) in [5.74, 6) is 1.96. The molecule has 0 N–H and O–H groups in total. The number of hydrazone groups is 1. The Hall–Kier alpha value is -1.98. The number of carbonyl (C=O) groups is 1. The number of thioether (sulfide) groups is 1. The monoisotopic (exact) mass is 372 g/mol. The van der Waals surface area contributed by atoms with E-state index in [-0.39, 0.29) is 11.8 Å². The Kier molecular flexibility index (Phi) is 4.44. The molecular weight excluding hydrogens is 356 g/mol. The van der Waals surface area contributed by atoms with E-state index in [2.05, 4.69) is 6.07 Å². The molecule has 2 aliphatic rings. The van der Waals surface area contributed by atoms with Crippen LogP contribution in [0.15, 0.2) is 52.5 Å². The number of hydrogen-bond donors (Lipinski definition) is 0. The molecule has 0 saturated carbocycles. The number of hydrogen-bond acceptors (Lipinski definition) is 4. The summed E-state index contributed by atoms with van der Waals surface area (Å²) in [7, 11) is 1.66. The summed E-state index contributed by atoms with van der Waals surface area (Å²) in [4.78, 5) is 13.8. The summed E-state index contributed by atoms with van der Waals surface area (Å²) in [5.41, 5.74) is 2.77. The molecule has 25 heavy (non-hydrogen) atoms. The molecule has 0 saturated heterocycles. The third kappa shape index (κ3) is 3.14. The van der Waals surface area contributed by atoms with Crippen LogP contribution in [0.3, 0.4) is 0 Å². The number of rotatable bonds is 2. The highest BCUT2D eigenvalue weighted by Gasteiger charge is 2.33. The van der Waals surface area contributed by atoms with Crippen LogP contribution < -0.4 is 9.75 Å². The molecule has 0 aliphatic carbocycles. The normalized spacial score (nSPS) is 19.6. The molecule has 4 rings (SSSR count). The molecule has 6 heteroatoms. The second kappa shape index (κ2) is 6.73. The van der Waals surface area contributed by atoms with Gasteiger partial charge in [0.1, 0.15) is 5.75 Å². The molecule has 0 spiro atoms. The number of halogens is 1. The predicted molar refractivity (Wildman–Crippen MR) is 102 cm³/mol. The van der Waals surface area contributed by atoms with Crippen LogP contribution in [0.1, 0.15) is 18.4 Å². The summed E-state index contributed by atoms with van der Waals surface area (Å²) in [6, 6.07) is 13.3. The van der Waals surface area contributed by atoms with Crippen LogP contribution in [0.25, 0.3) is 0 Å². The average Bonchev–Trinajstić information content (AvgIpc) is 2.80. The van der Waals surface area contributed by atoms with E-state index in [9.17, 15) is 4.79 Å². The number of benzene rings is 2. The molecule has 0 aromatic heterocycles. The molecular formula is C19H17ClN2O2S. The highest BCUT2D eigenvalue weighted by atomic mass is 35.5. The molecule has 0 bridgehead atoms. The molecule has 0 radical (unpaired) electrons. The van der Waals surface area contributed by atoms with Crippen molar-refractivity contribution >= 4 is 40.7 Å². The highest BCUT2D eigenvalue weighted by molar-refractivity contribution is 7.99. The summed E-state index contributed by atoms with van der Waals surface area (Å²) in [5, 5.41) is 6.89. The van der Waals surface area contributed by atoms with Crippen molar-refractivity contribution < 1.29 is 9.53 Å². The first-order chi connectivity index (χ1) is 12.2. The van der Waals surface area contributed by atoms with Crippen molar-refractivity contribution in [2.75, 3.05) is 17.9 Å². The lowest BCUT2D eigenvalue weighted by atomic mass is 9.90. The van der Waals surface area contributed by atoms with Crippen LogP contribution in [0, 0.1) is 5.92 Å². The van der Waals surface area contributed by atoms with Crippen molar-refractivity contribution in [3.63, 3.8) is 0 Å². The van der Waals surface area contributed by atoms with E-state index in [0.717, 1.165) is 34.9 Å². The van der Waals surface area contributed by atoms with Crippen molar-refractivity contribution in [3.8, 4) is 5.75 Å². The zero-order chi connectivity index (χ0) is 17.4. The van der Waals surface area contributed by atoms with Crippen molar-refractivity contribution in [2.24, 2.45) is 11.0 Å². The van der Waals surface area contributed by atoms with Crippen LogP contribution >= 0.6 is 23.4 Å². The van der Waals surface area contributed by atoms with Crippen LogP contribution in [-0.4, -0.2) is 24.5 Å². The minimum absolute atomic E-state index is 0.0208. The van der Waals surface area contributed by atoms with Crippen LogP contribution in [0.4, 0.5) is 5.69 Å². The van der Waals surface area contributed by atoms with E-state index in [1.807, 2.05) is 36.0 Å². The lowest BCUT2D eigenvalue weighted by molar-refractivity contribution is -0.119. The van der Waals surface area contributed by atoms with E-state index in [0.29, 0.717) is 11.4 Å². The molecule has 128 valence electrons. The first-order valence-electron chi connectivity index (χ1n) is 8.14. The van der Waals surface area contributed by atoms with Gasteiger partial charge in [-0.15, -0.1) is 11.8 Å². The largest absolute Gasteiger partial charge is 0.497 e. The van der Waals surface area contributed by atoms with Crippen LogP contribution in [-0.2, 0) is 4.79 Å². The summed E-state index contributed by atoms with van der Waals surface area (Å²) in [6.07, 6.45) is 1.42. The summed E-state index contributed by atoms with van der Waals surface area (Å²) in [6.45, 7) is 0. The Morgan fingerprint density at radius 2 is 2.04 bits per heavy atom.